The fourth-order valence-corrected chi connectivity index (χ4v) is 2.85. The molecule has 0 aromatic heterocycles. The number of hydrogen-bond donors (Lipinski definition) is 1. The Balaban J connectivity index is 1.80. The first kappa shape index (κ1) is 14.8. The van der Waals surface area contributed by atoms with Gasteiger partial charge in [0, 0.05) is 51.7 Å². The second kappa shape index (κ2) is 7.22. The summed E-state index contributed by atoms with van der Waals surface area (Å²) in [6, 6.07) is 0.353. The van der Waals surface area contributed by atoms with Gasteiger partial charge in [0.15, 0.2) is 0 Å². The summed E-state index contributed by atoms with van der Waals surface area (Å²) >= 11 is 0. The highest BCUT2D eigenvalue weighted by atomic mass is 16.5. The summed E-state index contributed by atoms with van der Waals surface area (Å²) in [7, 11) is 0. The van der Waals surface area contributed by atoms with Crippen LogP contribution < -0.4 is 5.32 Å². The molecule has 5 nitrogen and oxygen atoms in total. The molecule has 2 heterocycles. The van der Waals surface area contributed by atoms with E-state index in [4.69, 9.17) is 4.74 Å². The molecule has 0 aromatic carbocycles. The van der Waals surface area contributed by atoms with E-state index in [2.05, 4.69) is 29.0 Å². The van der Waals surface area contributed by atoms with Gasteiger partial charge in [-0.05, 0) is 5.92 Å². The lowest BCUT2D eigenvalue weighted by molar-refractivity contribution is -0.136. The van der Waals surface area contributed by atoms with Crippen molar-refractivity contribution in [3.05, 3.63) is 0 Å². The van der Waals surface area contributed by atoms with Gasteiger partial charge in [0.1, 0.15) is 0 Å². The summed E-state index contributed by atoms with van der Waals surface area (Å²) < 4.78 is 5.33. The summed E-state index contributed by atoms with van der Waals surface area (Å²) in [4.78, 5) is 16.8. The average Bonchev–Trinajstić information content (AvgIpc) is 2.46. The summed E-state index contributed by atoms with van der Waals surface area (Å²) in [6.07, 6.45) is 0.642. The molecule has 0 radical (unpaired) electrons. The number of amides is 1. The SMILES string of the molecule is CC(C)C1CNCCN1C(=O)CCN1CCOCC1. The predicted molar refractivity (Wildman–Crippen MR) is 75.1 cm³/mol. The summed E-state index contributed by atoms with van der Waals surface area (Å²) in [5, 5.41) is 3.39. The lowest BCUT2D eigenvalue weighted by Crippen LogP contribution is -2.56. The average molecular weight is 269 g/mol. The molecule has 1 unspecified atom stereocenters. The Kier molecular flexibility index (Phi) is 5.60. The maximum atomic E-state index is 12.4. The Labute approximate surface area is 116 Å². The highest BCUT2D eigenvalue weighted by Crippen LogP contribution is 2.14. The van der Waals surface area contributed by atoms with Gasteiger partial charge >= 0.3 is 0 Å². The van der Waals surface area contributed by atoms with E-state index in [1.54, 1.807) is 0 Å². The molecule has 2 rings (SSSR count). The van der Waals surface area contributed by atoms with E-state index >= 15 is 0 Å². The minimum atomic E-state index is 0.312. The van der Waals surface area contributed by atoms with Crippen LogP contribution in [0, 0.1) is 5.92 Å². The van der Waals surface area contributed by atoms with Crippen LogP contribution in [0.5, 0.6) is 0 Å². The van der Waals surface area contributed by atoms with Crippen molar-refractivity contribution in [2.75, 3.05) is 52.5 Å². The molecule has 0 spiro atoms. The van der Waals surface area contributed by atoms with E-state index in [9.17, 15) is 4.79 Å². The molecular formula is C14H27N3O2. The number of hydrogen-bond acceptors (Lipinski definition) is 4. The second-order valence-corrected chi connectivity index (χ2v) is 5.81. The van der Waals surface area contributed by atoms with Crippen molar-refractivity contribution in [2.45, 2.75) is 26.3 Å². The van der Waals surface area contributed by atoms with Crippen molar-refractivity contribution < 1.29 is 9.53 Å². The molecule has 110 valence electrons. The highest BCUT2D eigenvalue weighted by Gasteiger charge is 2.28. The molecule has 2 saturated heterocycles. The molecule has 2 aliphatic rings. The zero-order valence-electron chi connectivity index (χ0n) is 12.2. The molecule has 5 heteroatoms. The smallest absolute Gasteiger partial charge is 0.224 e. The number of rotatable bonds is 4. The molecule has 0 bridgehead atoms. The van der Waals surface area contributed by atoms with Crippen molar-refractivity contribution in [1.29, 1.82) is 0 Å². The fourth-order valence-electron chi connectivity index (χ4n) is 2.85. The van der Waals surface area contributed by atoms with E-state index in [0.717, 1.165) is 52.5 Å². The number of morpholine rings is 1. The number of carbonyl (C=O) groups is 1. The van der Waals surface area contributed by atoms with Gasteiger partial charge in [-0.25, -0.2) is 0 Å². The number of piperazine rings is 1. The number of nitrogens with one attached hydrogen (secondary N) is 1. The number of ether oxygens (including phenoxy) is 1. The van der Waals surface area contributed by atoms with Crippen LogP contribution in [0.15, 0.2) is 0 Å². The van der Waals surface area contributed by atoms with Crippen LogP contribution in [0.3, 0.4) is 0 Å². The van der Waals surface area contributed by atoms with Crippen LogP contribution in [0.25, 0.3) is 0 Å². The van der Waals surface area contributed by atoms with E-state index in [-0.39, 0.29) is 0 Å². The van der Waals surface area contributed by atoms with Gasteiger partial charge in [-0.3, -0.25) is 9.69 Å². The number of carbonyl (C=O) groups excluding carboxylic acids is 1. The monoisotopic (exact) mass is 269 g/mol. The van der Waals surface area contributed by atoms with Crippen LogP contribution in [-0.4, -0.2) is 74.2 Å². The zero-order chi connectivity index (χ0) is 13.7. The molecule has 0 aromatic rings. The zero-order valence-corrected chi connectivity index (χ0v) is 12.2. The van der Waals surface area contributed by atoms with Crippen LogP contribution in [0.2, 0.25) is 0 Å². The molecule has 0 aliphatic carbocycles. The van der Waals surface area contributed by atoms with Crippen molar-refractivity contribution in [3.63, 3.8) is 0 Å². The third kappa shape index (κ3) is 4.16. The van der Waals surface area contributed by atoms with Gasteiger partial charge in [-0.2, -0.15) is 0 Å². The summed E-state index contributed by atoms with van der Waals surface area (Å²) in [5.74, 6) is 0.826. The Bertz CT molecular complexity index is 290. The largest absolute Gasteiger partial charge is 0.379 e. The first-order valence-corrected chi connectivity index (χ1v) is 7.49. The molecule has 19 heavy (non-hydrogen) atoms. The quantitative estimate of drug-likeness (QED) is 0.790. The fraction of sp³-hybridized carbons (Fsp3) is 0.929. The van der Waals surface area contributed by atoms with Gasteiger partial charge in [-0.15, -0.1) is 0 Å². The maximum Gasteiger partial charge on any atom is 0.224 e. The Morgan fingerprint density at radius 3 is 2.74 bits per heavy atom. The van der Waals surface area contributed by atoms with Crippen LogP contribution >= 0.6 is 0 Å². The second-order valence-electron chi connectivity index (χ2n) is 5.81. The van der Waals surface area contributed by atoms with Crippen molar-refractivity contribution in [2.24, 2.45) is 5.92 Å². The molecular weight excluding hydrogens is 242 g/mol. The van der Waals surface area contributed by atoms with Crippen LogP contribution in [-0.2, 0) is 9.53 Å². The highest BCUT2D eigenvalue weighted by molar-refractivity contribution is 5.77. The van der Waals surface area contributed by atoms with E-state index in [1.807, 2.05) is 0 Å². The van der Waals surface area contributed by atoms with Gasteiger partial charge in [-0.1, -0.05) is 13.8 Å². The third-order valence-electron chi connectivity index (χ3n) is 4.12. The third-order valence-corrected chi connectivity index (χ3v) is 4.12. The molecule has 1 atom stereocenters. The molecule has 2 aliphatic heterocycles. The van der Waals surface area contributed by atoms with Gasteiger partial charge in [0.25, 0.3) is 0 Å². The van der Waals surface area contributed by atoms with Gasteiger partial charge < -0.3 is 15.0 Å². The van der Waals surface area contributed by atoms with Crippen LogP contribution in [0.1, 0.15) is 20.3 Å². The first-order chi connectivity index (χ1) is 9.18. The van der Waals surface area contributed by atoms with E-state index in [1.165, 1.54) is 0 Å². The normalized spacial score (nSPS) is 25.8. The minimum absolute atomic E-state index is 0.312. The van der Waals surface area contributed by atoms with Gasteiger partial charge in [0.05, 0.1) is 13.2 Å². The van der Waals surface area contributed by atoms with Crippen LogP contribution in [0.4, 0.5) is 0 Å². The Morgan fingerprint density at radius 1 is 1.32 bits per heavy atom. The topological polar surface area (TPSA) is 44.8 Å². The lowest BCUT2D eigenvalue weighted by Gasteiger charge is -2.39. The summed E-state index contributed by atoms with van der Waals surface area (Å²) in [5.41, 5.74) is 0. The van der Waals surface area contributed by atoms with E-state index in [0.29, 0.717) is 24.3 Å². The first-order valence-electron chi connectivity index (χ1n) is 7.49. The molecule has 1 amide bonds. The maximum absolute atomic E-state index is 12.4. The molecule has 1 N–H and O–H groups in total. The minimum Gasteiger partial charge on any atom is -0.379 e. The predicted octanol–water partition coefficient (Wildman–Crippen LogP) is 0.165. The molecule has 2 fully saturated rings. The summed E-state index contributed by atoms with van der Waals surface area (Å²) in [6.45, 7) is 11.5. The number of nitrogens with zero attached hydrogens (tertiary/aromatic N) is 2. The molecule has 0 saturated carbocycles. The van der Waals surface area contributed by atoms with Crippen molar-refractivity contribution >= 4 is 5.91 Å². The lowest BCUT2D eigenvalue weighted by atomic mass is 10.00. The van der Waals surface area contributed by atoms with Crippen molar-refractivity contribution in [3.8, 4) is 0 Å². The van der Waals surface area contributed by atoms with Gasteiger partial charge in [0.2, 0.25) is 5.91 Å². The van der Waals surface area contributed by atoms with Crippen molar-refractivity contribution in [1.82, 2.24) is 15.1 Å². The Hall–Kier alpha value is -0.650. The Morgan fingerprint density at radius 2 is 2.05 bits per heavy atom. The standard InChI is InChI=1S/C14H27N3O2/c1-12(2)13-11-15-4-6-17(13)14(18)3-5-16-7-9-19-10-8-16/h12-13,15H,3-11H2,1-2H3. The van der Waals surface area contributed by atoms with E-state index < -0.39 is 0 Å².